The molecular weight excluding hydrogens is 268 g/mol. The molecule has 114 valence electrons. The van der Waals surface area contributed by atoms with Crippen LogP contribution in [0.25, 0.3) is 0 Å². The number of rotatable bonds is 5. The summed E-state index contributed by atoms with van der Waals surface area (Å²) in [7, 11) is 0. The van der Waals surface area contributed by atoms with Gasteiger partial charge < -0.3 is 5.32 Å². The van der Waals surface area contributed by atoms with Crippen LogP contribution in [0.4, 0.5) is 11.5 Å². The zero-order valence-electron chi connectivity index (χ0n) is 12.6. The number of hydrogen-bond acceptors (Lipinski definition) is 4. The third kappa shape index (κ3) is 1.80. The SMILES string of the molecule is CCCn1nc(C)c([N+](=O)[O-])c1NC1C2C3CCC(C3)C12. The van der Waals surface area contributed by atoms with Gasteiger partial charge in [0.15, 0.2) is 0 Å². The van der Waals surface area contributed by atoms with Crippen molar-refractivity contribution in [2.75, 3.05) is 5.32 Å². The fraction of sp³-hybridized carbons (Fsp3) is 0.800. The lowest BCUT2D eigenvalue weighted by Gasteiger charge is -2.12. The zero-order valence-corrected chi connectivity index (χ0v) is 12.6. The molecule has 4 rings (SSSR count). The molecule has 0 amide bonds. The van der Waals surface area contributed by atoms with Crippen LogP contribution in [0.15, 0.2) is 0 Å². The largest absolute Gasteiger partial charge is 0.361 e. The van der Waals surface area contributed by atoms with Crippen molar-refractivity contribution in [2.45, 2.75) is 52.1 Å². The van der Waals surface area contributed by atoms with E-state index in [4.69, 9.17) is 0 Å². The number of nitrogens with zero attached hydrogens (tertiary/aromatic N) is 3. The summed E-state index contributed by atoms with van der Waals surface area (Å²) >= 11 is 0. The summed E-state index contributed by atoms with van der Waals surface area (Å²) in [6, 6.07) is 0.446. The van der Waals surface area contributed by atoms with Crippen molar-refractivity contribution in [3.05, 3.63) is 15.8 Å². The monoisotopic (exact) mass is 290 g/mol. The van der Waals surface area contributed by atoms with Gasteiger partial charge in [0.05, 0.1) is 4.92 Å². The molecule has 6 heteroatoms. The van der Waals surface area contributed by atoms with Gasteiger partial charge in [-0.15, -0.1) is 0 Å². The average Bonchev–Trinajstić information content (AvgIpc) is 2.76. The van der Waals surface area contributed by atoms with Gasteiger partial charge in [0.1, 0.15) is 5.69 Å². The van der Waals surface area contributed by atoms with Gasteiger partial charge in [-0.05, 0) is 56.3 Å². The number of fused-ring (bicyclic) bond motifs is 5. The van der Waals surface area contributed by atoms with Crippen molar-refractivity contribution in [1.29, 1.82) is 0 Å². The van der Waals surface area contributed by atoms with E-state index in [-0.39, 0.29) is 10.6 Å². The molecule has 2 bridgehead atoms. The van der Waals surface area contributed by atoms with E-state index in [1.807, 2.05) is 0 Å². The standard InChI is InChI=1S/C15H22N4O2/c1-3-6-18-15(14(19(20)21)8(2)17-18)16-13-11-9-4-5-10(7-9)12(11)13/h9-13,16H,3-7H2,1-2H3. The highest BCUT2D eigenvalue weighted by atomic mass is 16.6. The smallest absolute Gasteiger partial charge is 0.333 e. The van der Waals surface area contributed by atoms with Crippen LogP contribution in [0.5, 0.6) is 0 Å². The average molecular weight is 290 g/mol. The molecule has 0 aliphatic heterocycles. The number of aromatic nitrogens is 2. The molecule has 3 aliphatic carbocycles. The Morgan fingerprint density at radius 1 is 1.38 bits per heavy atom. The Morgan fingerprint density at radius 3 is 2.62 bits per heavy atom. The summed E-state index contributed by atoms with van der Waals surface area (Å²) < 4.78 is 1.80. The van der Waals surface area contributed by atoms with Crippen LogP contribution < -0.4 is 5.32 Å². The second kappa shape index (κ2) is 4.45. The minimum atomic E-state index is -0.288. The van der Waals surface area contributed by atoms with Crippen LogP contribution in [0.2, 0.25) is 0 Å². The number of aryl methyl sites for hydroxylation is 2. The summed E-state index contributed by atoms with van der Waals surface area (Å²) in [5.41, 5.74) is 0.686. The van der Waals surface area contributed by atoms with Gasteiger partial charge in [0.25, 0.3) is 0 Å². The molecule has 1 aromatic rings. The first-order valence-corrected chi connectivity index (χ1v) is 8.10. The molecular formula is C15H22N4O2. The van der Waals surface area contributed by atoms with E-state index in [0.29, 0.717) is 17.6 Å². The number of hydrogen-bond donors (Lipinski definition) is 1. The fourth-order valence-electron chi connectivity index (χ4n) is 4.98. The van der Waals surface area contributed by atoms with Gasteiger partial charge in [-0.25, -0.2) is 4.68 Å². The van der Waals surface area contributed by atoms with Gasteiger partial charge in [-0.2, -0.15) is 5.10 Å². The molecule has 0 spiro atoms. The maximum absolute atomic E-state index is 11.4. The second-order valence-corrected chi connectivity index (χ2v) is 6.92. The van der Waals surface area contributed by atoms with Gasteiger partial charge in [0, 0.05) is 12.6 Å². The summed E-state index contributed by atoms with van der Waals surface area (Å²) in [5.74, 6) is 3.88. The van der Waals surface area contributed by atoms with Crippen molar-refractivity contribution in [3.63, 3.8) is 0 Å². The highest BCUT2D eigenvalue weighted by Gasteiger charge is 2.65. The summed E-state index contributed by atoms with van der Waals surface area (Å²) in [6.45, 7) is 4.53. The van der Waals surface area contributed by atoms with Crippen molar-refractivity contribution in [3.8, 4) is 0 Å². The van der Waals surface area contributed by atoms with E-state index in [2.05, 4.69) is 17.3 Å². The molecule has 6 nitrogen and oxygen atoms in total. The molecule has 1 N–H and O–H groups in total. The lowest BCUT2D eigenvalue weighted by molar-refractivity contribution is -0.384. The van der Waals surface area contributed by atoms with Gasteiger partial charge in [0.2, 0.25) is 5.82 Å². The van der Waals surface area contributed by atoms with Crippen LogP contribution >= 0.6 is 0 Å². The van der Waals surface area contributed by atoms with Crippen molar-refractivity contribution < 1.29 is 4.92 Å². The van der Waals surface area contributed by atoms with E-state index in [1.54, 1.807) is 11.6 Å². The molecule has 4 atom stereocenters. The molecule has 1 heterocycles. The summed E-state index contributed by atoms with van der Waals surface area (Å²) in [5, 5.41) is 19.2. The summed E-state index contributed by atoms with van der Waals surface area (Å²) in [4.78, 5) is 11.1. The Balaban J connectivity index is 1.61. The molecule has 3 fully saturated rings. The predicted octanol–water partition coefficient (Wildman–Crippen LogP) is 2.97. The van der Waals surface area contributed by atoms with E-state index in [0.717, 1.165) is 36.6 Å². The number of nitrogens with one attached hydrogen (secondary N) is 1. The fourth-order valence-corrected chi connectivity index (χ4v) is 4.98. The maximum atomic E-state index is 11.4. The van der Waals surface area contributed by atoms with E-state index in [9.17, 15) is 10.1 Å². The molecule has 4 unspecified atom stereocenters. The topological polar surface area (TPSA) is 73.0 Å². The highest BCUT2D eigenvalue weighted by Crippen LogP contribution is 2.66. The molecule has 1 aromatic heterocycles. The van der Waals surface area contributed by atoms with Crippen LogP contribution in [0.1, 0.15) is 38.3 Å². The lowest BCUT2D eigenvalue weighted by Crippen LogP contribution is -2.17. The first-order valence-electron chi connectivity index (χ1n) is 8.10. The third-order valence-electron chi connectivity index (χ3n) is 5.75. The van der Waals surface area contributed by atoms with Crippen LogP contribution in [0.3, 0.4) is 0 Å². The van der Waals surface area contributed by atoms with Crippen molar-refractivity contribution in [2.24, 2.45) is 23.7 Å². The quantitative estimate of drug-likeness (QED) is 0.668. The van der Waals surface area contributed by atoms with Gasteiger partial charge in [-0.3, -0.25) is 10.1 Å². The Morgan fingerprint density at radius 2 is 2.05 bits per heavy atom. The minimum Gasteiger partial charge on any atom is -0.361 e. The first-order chi connectivity index (χ1) is 10.1. The van der Waals surface area contributed by atoms with Gasteiger partial charge in [-0.1, -0.05) is 6.92 Å². The lowest BCUT2D eigenvalue weighted by atomic mass is 10.0. The second-order valence-electron chi connectivity index (χ2n) is 6.92. The zero-order chi connectivity index (χ0) is 14.7. The predicted molar refractivity (Wildman–Crippen MR) is 79.1 cm³/mol. The van der Waals surface area contributed by atoms with Crippen LogP contribution in [0, 0.1) is 40.7 Å². The van der Waals surface area contributed by atoms with Crippen LogP contribution in [-0.4, -0.2) is 20.7 Å². The molecule has 21 heavy (non-hydrogen) atoms. The molecule has 0 radical (unpaired) electrons. The Labute approximate surface area is 124 Å². The molecule has 0 saturated heterocycles. The van der Waals surface area contributed by atoms with Crippen molar-refractivity contribution >= 4 is 11.5 Å². The third-order valence-corrected chi connectivity index (χ3v) is 5.75. The number of anilines is 1. The molecule has 3 saturated carbocycles. The highest BCUT2D eigenvalue weighted by molar-refractivity contribution is 5.61. The maximum Gasteiger partial charge on any atom is 0.333 e. The Kier molecular flexibility index (Phi) is 2.78. The van der Waals surface area contributed by atoms with Crippen molar-refractivity contribution in [1.82, 2.24) is 9.78 Å². The molecule has 3 aliphatic rings. The van der Waals surface area contributed by atoms with E-state index in [1.165, 1.54) is 19.3 Å². The normalized spacial score (nSPS) is 35.8. The summed E-state index contributed by atoms with van der Waals surface area (Å²) in [6.07, 6.45) is 5.04. The van der Waals surface area contributed by atoms with E-state index >= 15 is 0 Å². The molecule has 0 aromatic carbocycles. The first kappa shape index (κ1) is 13.1. The van der Waals surface area contributed by atoms with E-state index < -0.39 is 0 Å². The Bertz CT molecular complexity index is 581. The van der Waals surface area contributed by atoms with Gasteiger partial charge >= 0.3 is 5.69 Å². The minimum absolute atomic E-state index is 0.167. The van der Waals surface area contributed by atoms with Crippen LogP contribution in [-0.2, 0) is 6.54 Å². The Hall–Kier alpha value is -1.59. The number of nitro groups is 1.